The molecule has 0 amide bonds. The van der Waals surface area contributed by atoms with Crippen molar-refractivity contribution in [3.8, 4) is 5.69 Å². The molecular formula is C11H8BrFN2O. The van der Waals surface area contributed by atoms with Crippen LogP contribution in [-0.2, 0) is 18.0 Å². The molecule has 0 bridgehead atoms. The molecule has 3 rings (SSSR count). The minimum absolute atomic E-state index is 0.247. The Hall–Kier alpha value is -1.20. The second-order valence-corrected chi connectivity index (χ2v) is 4.35. The monoisotopic (exact) mass is 282 g/mol. The van der Waals surface area contributed by atoms with Crippen LogP contribution in [-0.4, -0.2) is 9.78 Å². The molecule has 2 aromatic rings. The highest BCUT2D eigenvalue weighted by Gasteiger charge is 2.21. The van der Waals surface area contributed by atoms with E-state index in [1.807, 2.05) is 0 Å². The summed E-state index contributed by atoms with van der Waals surface area (Å²) in [6.07, 6.45) is 0. The van der Waals surface area contributed by atoms with Crippen molar-refractivity contribution >= 4 is 15.9 Å². The van der Waals surface area contributed by atoms with Crippen LogP contribution in [0.15, 0.2) is 28.9 Å². The van der Waals surface area contributed by atoms with Gasteiger partial charge in [-0.15, -0.1) is 0 Å². The Morgan fingerprint density at radius 1 is 1.25 bits per heavy atom. The zero-order valence-corrected chi connectivity index (χ0v) is 9.87. The molecule has 0 radical (unpaired) electrons. The Labute approximate surface area is 100.0 Å². The first kappa shape index (κ1) is 9.99. The molecule has 3 nitrogen and oxygen atoms in total. The SMILES string of the molecule is Fc1ccc(-n2nc3c(c2Br)COC3)cc1. The van der Waals surface area contributed by atoms with Crippen molar-refractivity contribution in [1.29, 1.82) is 0 Å². The fourth-order valence-electron chi connectivity index (χ4n) is 1.73. The van der Waals surface area contributed by atoms with Crippen LogP contribution in [0.25, 0.3) is 5.69 Å². The lowest BCUT2D eigenvalue weighted by Gasteiger charge is -2.04. The maximum atomic E-state index is 12.8. The summed E-state index contributed by atoms with van der Waals surface area (Å²) in [5.41, 5.74) is 2.85. The lowest BCUT2D eigenvalue weighted by Crippen LogP contribution is -1.99. The minimum atomic E-state index is -0.247. The molecular weight excluding hydrogens is 275 g/mol. The number of aromatic nitrogens is 2. The molecule has 0 saturated heterocycles. The highest BCUT2D eigenvalue weighted by molar-refractivity contribution is 9.10. The van der Waals surface area contributed by atoms with Gasteiger partial charge in [0.25, 0.3) is 0 Å². The van der Waals surface area contributed by atoms with Crippen molar-refractivity contribution < 1.29 is 9.13 Å². The van der Waals surface area contributed by atoms with E-state index >= 15 is 0 Å². The maximum Gasteiger partial charge on any atom is 0.123 e. The van der Waals surface area contributed by atoms with E-state index in [0.717, 1.165) is 21.5 Å². The van der Waals surface area contributed by atoms with Gasteiger partial charge in [0.1, 0.15) is 10.4 Å². The van der Waals surface area contributed by atoms with Crippen LogP contribution < -0.4 is 0 Å². The number of rotatable bonds is 1. The molecule has 0 aliphatic carbocycles. The minimum Gasteiger partial charge on any atom is -0.370 e. The second kappa shape index (κ2) is 3.68. The molecule has 5 heteroatoms. The lowest BCUT2D eigenvalue weighted by atomic mass is 10.3. The standard InChI is InChI=1S/C11H8BrFN2O/c12-11-9-5-16-6-10(9)14-15(11)8-3-1-7(13)2-4-8/h1-4H,5-6H2. The van der Waals surface area contributed by atoms with Crippen LogP contribution in [0.5, 0.6) is 0 Å². The summed E-state index contributed by atoms with van der Waals surface area (Å²) in [6, 6.07) is 6.24. The molecule has 0 fully saturated rings. The third kappa shape index (κ3) is 1.47. The third-order valence-corrected chi connectivity index (χ3v) is 3.37. The predicted octanol–water partition coefficient (Wildman–Crippen LogP) is 2.80. The first-order valence-corrected chi connectivity index (χ1v) is 5.65. The van der Waals surface area contributed by atoms with Crippen LogP contribution in [0.4, 0.5) is 4.39 Å². The molecule has 0 saturated carbocycles. The van der Waals surface area contributed by atoms with Gasteiger partial charge >= 0.3 is 0 Å². The van der Waals surface area contributed by atoms with Crippen molar-refractivity contribution in [1.82, 2.24) is 9.78 Å². The Morgan fingerprint density at radius 3 is 2.69 bits per heavy atom. The van der Waals surface area contributed by atoms with Gasteiger partial charge in [-0.2, -0.15) is 5.10 Å². The number of ether oxygens (including phenoxy) is 1. The Kier molecular flexibility index (Phi) is 2.29. The molecule has 82 valence electrons. The van der Waals surface area contributed by atoms with E-state index in [9.17, 15) is 4.39 Å². The number of fused-ring (bicyclic) bond motifs is 1. The average molecular weight is 283 g/mol. The van der Waals surface area contributed by atoms with Crippen molar-refractivity contribution in [3.63, 3.8) is 0 Å². The molecule has 2 heterocycles. The Balaban J connectivity index is 2.10. The molecule has 0 spiro atoms. The summed E-state index contributed by atoms with van der Waals surface area (Å²) in [7, 11) is 0. The van der Waals surface area contributed by atoms with Crippen LogP contribution in [0.1, 0.15) is 11.3 Å². The molecule has 1 aliphatic heterocycles. The third-order valence-electron chi connectivity index (χ3n) is 2.56. The summed E-state index contributed by atoms with van der Waals surface area (Å²) in [4.78, 5) is 0. The van der Waals surface area contributed by atoms with Crippen LogP contribution >= 0.6 is 15.9 Å². The Morgan fingerprint density at radius 2 is 2.00 bits per heavy atom. The predicted molar refractivity (Wildman–Crippen MR) is 59.7 cm³/mol. The maximum absolute atomic E-state index is 12.8. The number of nitrogens with zero attached hydrogens (tertiary/aromatic N) is 2. The first-order valence-electron chi connectivity index (χ1n) is 4.85. The van der Waals surface area contributed by atoms with Gasteiger partial charge in [-0.05, 0) is 40.2 Å². The highest BCUT2D eigenvalue weighted by atomic mass is 79.9. The first-order chi connectivity index (χ1) is 7.75. The van der Waals surface area contributed by atoms with Crippen LogP contribution in [0, 0.1) is 5.82 Å². The van der Waals surface area contributed by atoms with Crippen molar-refractivity contribution in [2.75, 3.05) is 0 Å². The van der Waals surface area contributed by atoms with Crippen molar-refractivity contribution in [3.05, 3.63) is 45.9 Å². The average Bonchev–Trinajstić information content (AvgIpc) is 2.84. The van der Waals surface area contributed by atoms with E-state index < -0.39 is 0 Å². The quantitative estimate of drug-likeness (QED) is 0.804. The second-order valence-electron chi connectivity index (χ2n) is 3.60. The lowest BCUT2D eigenvalue weighted by molar-refractivity contribution is 0.131. The summed E-state index contributed by atoms with van der Waals surface area (Å²) >= 11 is 3.48. The summed E-state index contributed by atoms with van der Waals surface area (Å²) in [5.74, 6) is -0.247. The van der Waals surface area contributed by atoms with Gasteiger partial charge in [0.2, 0.25) is 0 Å². The van der Waals surface area contributed by atoms with E-state index in [-0.39, 0.29) is 5.82 Å². The van der Waals surface area contributed by atoms with E-state index in [1.165, 1.54) is 12.1 Å². The fraction of sp³-hybridized carbons (Fsp3) is 0.182. The molecule has 0 N–H and O–H groups in total. The number of hydrogen-bond acceptors (Lipinski definition) is 2. The van der Waals surface area contributed by atoms with Crippen molar-refractivity contribution in [2.24, 2.45) is 0 Å². The highest BCUT2D eigenvalue weighted by Crippen LogP contribution is 2.29. The van der Waals surface area contributed by atoms with Crippen LogP contribution in [0.2, 0.25) is 0 Å². The van der Waals surface area contributed by atoms with Gasteiger partial charge in [0, 0.05) is 5.56 Å². The molecule has 16 heavy (non-hydrogen) atoms. The van der Waals surface area contributed by atoms with Gasteiger partial charge in [-0.3, -0.25) is 0 Å². The van der Waals surface area contributed by atoms with E-state index in [2.05, 4.69) is 21.0 Å². The van der Waals surface area contributed by atoms with Gasteiger partial charge in [0.15, 0.2) is 0 Å². The fourth-order valence-corrected chi connectivity index (χ4v) is 2.36. The smallest absolute Gasteiger partial charge is 0.123 e. The molecule has 1 aromatic heterocycles. The molecule has 1 aliphatic rings. The van der Waals surface area contributed by atoms with Crippen molar-refractivity contribution in [2.45, 2.75) is 13.2 Å². The summed E-state index contributed by atoms with van der Waals surface area (Å²) < 4.78 is 20.7. The van der Waals surface area contributed by atoms with Gasteiger partial charge in [0.05, 0.1) is 24.6 Å². The zero-order valence-electron chi connectivity index (χ0n) is 8.28. The number of hydrogen-bond donors (Lipinski definition) is 0. The van der Waals surface area contributed by atoms with E-state index in [0.29, 0.717) is 13.2 Å². The molecule has 1 aromatic carbocycles. The van der Waals surface area contributed by atoms with Crippen LogP contribution in [0.3, 0.4) is 0 Å². The van der Waals surface area contributed by atoms with Gasteiger partial charge in [-0.1, -0.05) is 0 Å². The molecule has 0 unspecified atom stereocenters. The largest absolute Gasteiger partial charge is 0.370 e. The number of benzene rings is 1. The zero-order chi connectivity index (χ0) is 11.1. The number of halogens is 2. The van der Waals surface area contributed by atoms with Gasteiger partial charge < -0.3 is 4.74 Å². The Bertz CT molecular complexity index is 536. The summed E-state index contributed by atoms with van der Waals surface area (Å²) in [5, 5.41) is 4.41. The van der Waals surface area contributed by atoms with E-state index in [4.69, 9.17) is 4.74 Å². The topological polar surface area (TPSA) is 27.1 Å². The van der Waals surface area contributed by atoms with Gasteiger partial charge in [-0.25, -0.2) is 9.07 Å². The summed E-state index contributed by atoms with van der Waals surface area (Å²) in [6.45, 7) is 1.12. The van der Waals surface area contributed by atoms with E-state index in [1.54, 1.807) is 16.8 Å². The molecule has 0 atom stereocenters. The normalized spacial score (nSPS) is 14.1.